The van der Waals surface area contributed by atoms with Crippen LogP contribution in [0, 0.1) is 29.6 Å². The number of hydrogen-bond acceptors (Lipinski definition) is 3. The molecule has 3 nitrogen and oxygen atoms in total. The van der Waals surface area contributed by atoms with Gasteiger partial charge in [0.2, 0.25) is 0 Å². The standard InChI is InChI=1S/C20H31NO2/c1-21-11-5-4-7-15(21)9-10-17-16-8-3-2-6-14(16)12-18-19(17)13-23-20(18)22/h9-10,14-19H,2-8,11-13H2,1H3/b10-9+/t14?,15?,16-,17+,18-,19+/m0/s1. The van der Waals surface area contributed by atoms with Gasteiger partial charge < -0.3 is 4.74 Å². The molecule has 0 radical (unpaired) electrons. The first-order valence-electron chi connectivity index (χ1n) is 9.79. The lowest BCUT2D eigenvalue weighted by Crippen LogP contribution is -2.41. The van der Waals surface area contributed by atoms with Crippen LogP contribution < -0.4 is 0 Å². The molecule has 2 unspecified atom stereocenters. The van der Waals surface area contributed by atoms with Crippen LogP contribution in [-0.4, -0.2) is 37.1 Å². The number of esters is 1. The van der Waals surface area contributed by atoms with Crippen molar-refractivity contribution >= 4 is 5.97 Å². The molecule has 0 N–H and O–H groups in total. The molecule has 0 aromatic heterocycles. The summed E-state index contributed by atoms with van der Waals surface area (Å²) < 4.78 is 5.47. The molecule has 4 aliphatic rings. The Morgan fingerprint density at radius 3 is 2.74 bits per heavy atom. The Morgan fingerprint density at radius 2 is 1.87 bits per heavy atom. The Morgan fingerprint density at radius 1 is 1.04 bits per heavy atom. The summed E-state index contributed by atoms with van der Waals surface area (Å²) in [7, 11) is 2.25. The average Bonchev–Trinajstić information content (AvgIpc) is 2.94. The number of carbonyl (C=O) groups is 1. The van der Waals surface area contributed by atoms with Crippen LogP contribution in [0.5, 0.6) is 0 Å². The van der Waals surface area contributed by atoms with E-state index in [-0.39, 0.29) is 11.9 Å². The summed E-state index contributed by atoms with van der Waals surface area (Å²) in [5.74, 6) is 2.85. The van der Waals surface area contributed by atoms with Gasteiger partial charge in [-0.3, -0.25) is 9.69 Å². The number of likely N-dealkylation sites (N-methyl/N-ethyl adjacent to an activating group) is 1. The minimum atomic E-state index is 0.0900. The fourth-order valence-electron chi connectivity index (χ4n) is 5.79. The molecule has 3 heteroatoms. The van der Waals surface area contributed by atoms with E-state index in [2.05, 4.69) is 24.1 Å². The summed E-state index contributed by atoms with van der Waals surface area (Å²) in [6.45, 7) is 1.89. The van der Waals surface area contributed by atoms with Crippen molar-refractivity contribution in [3.8, 4) is 0 Å². The van der Waals surface area contributed by atoms with Crippen LogP contribution in [0.2, 0.25) is 0 Å². The highest BCUT2D eigenvalue weighted by Crippen LogP contribution is 2.51. The van der Waals surface area contributed by atoms with Crippen LogP contribution >= 0.6 is 0 Å². The molecule has 0 bridgehead atoms. The van der Waals surface area contributed by atoms with Crippen LogP contribution in [0.4, 0.5) is 0 Å². The van der Waals surface area contributed by atoms with Gasteiger partial charge in [-0.1, -0.05) is 37.8 Å². The second-order valence-corrected chi connectivity index (χ2v) is 8.35. The minimum absolute atomic E-state index is 0.0900. The van der Waals surface area contributed by atoms with Gasteiger partial charge in [0, 0.05) is 12.0 Å². The largest absolute Gasteiger partial charge is 0.465 e. The summed E-state index contributed by atoms with van der Waals surface area (Å²) in [4.78, 5) is 14.6. The molecule has 4 fully saturated rings. The van der Waals surface area contributed by atoms with Crippen LogP contribution in [0.25, 0.3) is 0 Å². The van der Waals surface area contributed by atoms with Gasteiger partial charge in [-0.2, -0.15) is 0 Å². The number of ether oxygens (including phenoxy) is 1. The molecule has 2 saturated carbocycles. The number of nitrogens with zero attached hydrogens (tertiary/aromatic N) is 1. The normalized spacial score (nSPS) is 44.8. The Bertz CT molecular complexity index is 474. The maximum Gasteiger partial charge on any atom is 0.309 e. The fraction of sp³-hybridized carbons (Fsp3) is 0.850. The molecule has 0 aromatic rings. The maximum atomic E-state index is 12.1. The van der Waals surface area contributed by atoms with Gasteiger partial charge in [-0.05, 0) is 57.0 Å². The predicted octanol–water partition coefficient (Wildman–Crippen LogP) is 3.64. The summed E-state index contributed by atoms with van der Waals surface area (Å²) in [6, 6.07) is 0.601. The highest BCUT2D eigenvalue weighted by molar-refractivity contribution is 5.75. The average molecular weight is 317 g/mol. The monoisotopic (exact) mass is 317 g/mol. The second-order valence-electron chi connectivity index (χ2n) is 8.35. The molecule has 0 aromatic carbocycles. The zero-order valence-corrected chi connectivity index (χ0v) is 14.5. The van der Waals surface area contributed by atoms with Crippen molar-refractivity contribution < 1.29 is 9.53 Å². The number of piperidine rings is 1. The molecule has 0 spiro atoms. The molecular weight excluding hydrogens is 286 g/mol. The molecule has 2 saturated heterocycles. The smallest absolute Gasteiger partial charge is 0.309 e. The SMILES string of the molecule is CN1CCCCC1/C=C/[C@H]1[C@H]2COC(=O)[C@H]2CC2CCCC[C@@H]21. The molecule has 4 rings (SSSR count). The topological polar surface area (TPSA) is 29.5 Å². The lowest BCUT2D eigenvalue weighted by molar-refractivity contribution is -0.142. The van der Waals surface area contributed by atoms with Crippen LogP contribution in [0.15, 0.2) is 12.2 Å². The van der Waals surface area contributed by atoms with Gasteiger partial charge >= 0.3 is 5.97 Å². The third-order valence-electron chi connectivity index (χ3n) is 7.13. The predicted molar refractivity (Wildman–Crippen MR) is 90.9 cm³/mol. The van der Waals surface area contributed by atoms with Gasteiger partial charge in [-0.15, -0.1) is 0 Å². The summed E-state index contributed by atoms with van der Waals surface area (Å²) in [5.41, 5.74) is 0. The lowest BCUT2D eigenvalue weighted by atomic mass is 9.58. The number of rotatable bonds is 2. The molecule has 2 aliphatic heterocycles. The van der Waals surface area contributed by atoms with Crippen molar-refractivity contribution in [2.75, 3.05) is 20.2 Å². The fourth-order valence-corrected chi connectivity index (χ4v) is 5.79. The number of hydrogen-bond donors (Lipinski definition) is 0. The first-order chi connectivity index (χ1) is 11.2. The Labute approximate surface area is 140 Å². The molecule has 0 amide bonds. The van der Waals surface area contributed by atoms with E-state index >= 15 is 0 Å². The van der Waals surface area contributed by atoms with Crippen molar-refractivity contribution in [1.82, 2.24) is 4.90 Å². The van der Waals surface area contributed by atoms with Crippen molar-refractivity contribution in [2.45, 2.75) is 57.4 Å². The molecule has 2 heterocycles. The molecular formula is C20H31NO2. The number of allylic oxidation sites excluding steroid dienone is 1. The van der Waals surface area contributed by atoms with Gasteiger partial charge in [0.25, 0.3) is 0 Å². The zero-order valence-electron chi connectivity index (χ0n) is 14.5. The van der Waals surface area contributed by atoms with Crippen LogP contribution in [0.1, 0.15) is 51.4 Å². The van der Waals surface area contributed by atoms with Crippen molar-refractivity contribution in [2.24, 2.45) is 29.6 Å². The Balaban J connectivity index is 1.54. The summed E-state index contributed by atoms with van der Waals surface area (Å²) in [6.07, 6.45) is 15.5. The summed E-state index contributed by atoms with van der Waals surface area (Å²) >= 11 is 0. The van der Waals surface area contributed by atoms with E-state index in [1.165, 1.54) is 51.5 Å². The van der Waals surface area contributed by atoms with E-state index in [1.54, 1.807) is 0 Å². The Hall–Kier alpha value is -0.830. The third-order valence-corrected chi connectivity index (χ3v) is 7.13. The maximum absolute atomic E-state index is 12.1. The molecule has 23 heavy (non-hydrogen) atoms. The minimum Gasteiger partial charge on any atom is -0.465 e. The van der Waals surface area contributed by atoms with Gasteiger partial charge in [-0.25, -0.2) is 0 Å². The van der Waals surface area contributed by atoms with Gasteiger partial charge in [0.15, 0.2) is 0 Å². The van der Waals surface area contributed by atoms with E-state index in [4.69, 9.17) is 4.74 Å². The lowest BCUT2D eigenvalue weighted by Gasteiger charge is -2.45. The van der Waals surface area contributed by atoms with Crippen molar-refractivity contribution in [3.63, 3.8) is 0 Å². The second kappa shape index (κ2) is 6.58. The van der Waals surface area contributed by atoms with Crippen LogP contribution in [0.3, 0.4) is 0 Å². The molecule has 6 atom stereocenters. The first-order valence-corrected chi connectivity index (χ1v) is 9.79. The van der Waals surface area contributed by atoms with Crippen LogP contribution in [-0.2, 0) is 9.53 Å². The first kappa shape index (κ1) is 15.7. The van der Waals surface area contributed by atoms with Crippen molar-refractivity contribution in [3.05, 3.63) is 12.2 Å². The number of cyclic esters (lactones) is 1. The zero-order chi connectivity index (χ0) is 15.8. The number of fused-ring (bicyclic) bond motifs is 2. The number of likely N-dealkylation sites (tertiary alicyclic amines) is 1. The highest BCUT2D eigenvalue weighted by Gasteiger charge is 2.50. The summed E-state index contributed by atoms with van der Waals surface area (Å²) in [5, 5.41) is 0. The van der Waals surface area contributed by atoms with E-state index in [0.717, 1.165) is 18.3 Å². The van der Waals surface area contributed by atoms with E-state index in [1.807, 2.05) is 0 Å². The van der Waals surface area contributed by atoms with Gasteiger partial charge in [0.1, 0.15) is 0 Å². The molecule has 128 valence electrons. The van der Waals surface area contributed by atoms with E-state index in [9.17, 15) is 4.79 Å². The molecule has 2 aliphatic carbocycles. The third kappa shape index (κ3) is 2.97. The number of carbonyl (C=O) groups excluding carboxylic acids is 1. The van der Waals surface area contributed by atoms with Crippen molar-refractivity contribution in [1.29, 1.82) is 0 Å². The van der Waals surface area contributed by atoms with E-state index < -0.39 is 0 Å². The van der Waals surface area contributed by atoms with Gasteiger partial charge in [0.05, 0.1) is 12.5 Å². The quantitative estimate of drug-likeness (QED) is 0.575. The Kier molecular flexibility index (Phi) is 4.49. The van der Waals surface area contributed by atoms with E-state index in [0.29, 0.717) is 24.5 Å². The highest BCUT2D eigenvalue weighted by atomic mass is 16.5.